The fourth-order valence-electron chi connectivity index (χ4n) is 9.35. The molecular weight excluding hydrogens is 783 g/mol. The van der Waals surface area contributed by atoms with Crippen molar-refractivity contribution >= 4 is 21.8 Å². The van der Waals surface area contributed by atoms with Gasteiger partial charge in [-0.1, -0.05) is 178 Å². The third-order valence-corrected chi connectivity index (χ3v) is 12.5. The van der Waals surface area contributed by atoms with E-state index < -0.39 is 0 Å². The second-order valence-corrected chi connectivity index (χ2v) is 16.7. The average molecular weight is 822 g/mol. The normalized spacial score (nSPS) is 12.7. The topological polar surface area (TPSA) is 82.3 Å². The van der Waals surface area contributed by atoms with E-state index in [9.17, 15) is 0 Å². The predicted molar refractivity (Wildman–Crippen MR) is 258 cm³/mol. The zero-order valence-electron chi connectivity index (χ0n) is 35.2. The van der Waals surface area contributed by atoms with Crippen molar-refractivity contribution < 1.29 is 0 Å². The van der Waals surface area contributed by atoms with Crippen LogP contribution in [0.25, 0.3) is 107 Å². The number of hydrogen-bond acceptors (Lipinski definition) is 6. The number of rotatable bonds is 7. The molecule has 1 aliphatic rings. The largest absolute Gasteiger partial charge is 0.309 e. The van der Waals surface area contributed by atoms with Crippen LogP contribution in [0.1, 0.15) is 25.0 Å². The highest BCUT2D eigenvalue weighted by Crippen LogP contribution is 2.49. The monoisotopic (exact) mass is 821 g/mol. The van der Waals surface area contributed by atoms with Crippen molar-refractivity contribution in [3.05, 3.63) is 211 Å². The van der Waals surface area contributed by atoms with Gasteiger partial charge in [-0.25, -0.2) is 29.9 Å². The van der Waals surface area contributed by atoms with Crippen molar-refractivity contribution in [2.75, 3.05) is 0 Å². The van der Waals surface area contributed by atoms with Crippen LogP contribution in [0.15, 0.2) is 200 Å². The van der Waals surface area contributed by atoms with Crippen LogP contribution in [0.4, 0.5) is 0 Å². The molecule has 12 rings (SSSR count). The molecular formula is C57H39N7. The van der Waals surface area contributed by atoms with Crippen molar-refractivity contribution in [3.8, 4) is 85.1 Å². The van der Waals surface area contributed by atoms with Gasteiger partial charge in [0, 0.05) is 49.6 Å². The van der Waals surface area contributed by atoms with Gasteiger partial charge in [0.15, 0.2) is 34.9 Å². The van der Waals surface area contributed by atoms with Gasteiger partial charge in [0.2, 0.25) is 0 Å². The van der Waals surface area contributed by atoms with Gasteiger partial charge in [-0.05, 0) is 58.7 Å². The van der Waals surface area contributed by atoms with Gasteiger partial charge < -0.3 is 4.57 Å². The van der Waals surface area contributed by atoms with E-state index in [1.165, 1.54) is 22.3 Å². The summed E-state index contributed by atoms with van der Waals surface area (Å²) in [6, 6.07) is 69.1. The van der Waals surface area contributed by atoms with E-state index in [1.54, 1.807) is 0 Å². The van der Waals surface area contributed by atoms with Crippen LogP contribution in [-0.2, 0) is 5.41 Å². The summed E-state index contributed by atoms with van der Waals surface area (Å²) >= 11 is 0. The third-order valence-electron chi connectivity index (χ3n) is 12.5. The minimum Gasteiger partial charge on any atom is -0.309 e. The Morgan fingerprint density at radius 2 is 0.719 bits per heavy atom. The highest BCUT2D eigenvalue weighted by molar-refractivity contribution is 6.09. The van der Waals surface area contributed by atoms with Crippen LogP contribution in [0.2, 0.25) is 0 Å². The molecule has 0 saturated carbocycles. The Morgan fingerprint density at radius 1 is 0.312 bits per heavy atom. The highest BCUT2D eigenvalue weighted by Gasteiger charge is 2.35. The van der Waals surface area contributed by atoms with Gasteiger partial charge in [0.25, 0.3) is 0 Å². The number of hydrogen-bond donors (Lipinski definition) is 0. The molecule has 0 fully saturated rings. The molecule has 1 aliphatic carbocycles. The van der Waals surface area contributed by atoms with Crippen molar-refractivity contribution in [1.29, 1.82) is 0 Å². The van der Waals surface area contributed by atoms with Crippen molar-refractivity contribution in [3.63, 3.8) is 0 Å². The molecule has 0 atom stereocenters. The SMILES string of the molecule is CC1(C)c2ccccc2-c2ccc(-c3nc(-c4ccccc4)nc(-c4cc(-c5nc(-c6ccccc6)nc(-c6ccccc6)n5)ccc4-n4c5ccccc5c5ccccc54)n3)cc21. The maximum Gasteiger partial charge on any atom is 0.166 e. The second kappa shape index (κ2) is 14.9. The molecule has 0 aliphatic heterocycles. The molecule has 302 valence electrons. The van der Waals surface area contributed by atoms with E-state index in [4.69, 9.17) is 29.9 Å². The Hall–Kier alpha value is -8.42. The number of benzene rings is 8. The molecule has 8 aromatic carbocycles. The van der Waals surface area contributed by atoms with Gasteiger partial charge in [-0.3, -0.25) is 0 Å². The lowest BCUT2D eigenvalue weighted by atomic mass is 9.82. The first kappa shape index (κ1) is 37.4. The molecule has 0 bridgehead atoms. The van der Waals surface area contributed by atoms with Crippen LogP contribution in [0.5, 0.6) is 0 Å². The predicted octanol–water partition coefficient (Wildman–Crippen LogP) is 13.5. The van der Waals surface area contributed by atoms with Gasteiger partial charge >= 0.3 is 0 Å². The average Bonchev–Trinajstić information content (AvgIpc) is 3.82. The Labute approximate surface area is 370 Å². The van der Waals surface area contributed by atoms with Gasteiger partial charge in [-0.15, -0.1) is 0 Å². The van der Waals surface area contributed by atoms with Crippen LogP contribution in [0.3, 0.4) is 0 Å². The van der Waals surface area contributed by atoms with E-state index in [-0.39, 0.29) is 5.41 Å². The standard InChI is InChI=1S/C57H39N7/c1-57(2)46-27-15-12-24-41(46)42-32-30-40(35-47(42)57)55-61-53(38-22-10-5-11-23-38)62-56(63-55)45-34-39(31-33-50(45)64-48-28-16-13-25-43(48)44-26-14-17-29-49(44)64)54-59-51(36-18-6-3-7-19-36)58-52(60-54)37-20-8-4-9-21-37/h3-35H,1-2H3. The molecule has 0 spiro atoms. The Kier molecular flexibility index (Phi) is 8.69. The molecule has 0 amide bonds. The molecule has 0 unspecified atom stereocenters. The van der Waals surface area contributed by atoms with Crippen LogP contribution >= 0.6 is 0 Å². The number of aromatic nitrogens is 7. The minimum absolute atomic E-state index is 0.195. The lowest BCUT2D eigenvalue weighted by Crippen LogP contribution is -2.15. The first-order chi connectivity index (χ1) is 31.5. The first-order valence-corrected chi connectivity index (χ1v) is 21.5. The summed E-state index contributed by atoms with van der Waals surface area (Å²) in [6.45, 7) is 4.60. The summed E-state index contributed by atoms with van der Waals surface area (Å²) in [7, 11) is 0. The van der Waals surface area contributed by atoms with Crippen molar-refractivity contribution in [2.45, 2.75) is 19.3 Å². The zero-order valence-corrected chi connectivity index (χ0v) is 35.2. The fraction of sp³-hybridized carbons (Fsp3) is 0.0526. The van der Waals surface area contributed by atoms with E-state index in [0.29, 0.717) is 34.9 Å². The number of nitrogens with zero attached hydrogens (tertiary/aromatic N) is 7. The van der Waals surface area contributed by atoms with Crippen LogP contribution in [0, 0.1) is 0 Å². The quantitative estimate of drug-likeness (QED) is 0.159. The fourth-order valence-corrected chi connectivity index (χ4v) is 9.35. The van der Waals surface area contributed by atoms with Crippen LogP contribution < -0.4 is 0 Å². The van der Waals surface area contributed by atoms with E-state index >= 15 is 0 Å². The van der Waals surface area contributed by atoms with Gasteiger partial charge in [-0.2, -0.15) is 0 Å². The third kappa shape index (κ3) is 6.20. The zero-order chi connectivity index (χ0) is 42.8. The molecule has 0 radical (unpaired) electrons. The summed E-state index contributed by atoms with van der Waals surface area (Å²) in [5, 5.41) is 2.32. The smallest absolute Gasteiger partial charge is 0.166 e. The van der Waals surface area contributed by atoms with Gasteiger partial charge in [0.1, 0.15) is 0 Å². The summed E-state index contributed by atoms with van der Waals surface area (Å²) in [5.74, 6) is 3.43. The van der Waals surface area contributed by atoms with Crippen molar-refractivity contribution in [1.82, 2.24) is 34.5 Å². The molecule has 7 heteroatoms. The summed E-state index contributed by atoms with van der Waals surface area (Å²) < 4.78 is 2.32. The second-order valence-electron chi connectivity index (χ2n) is 16.7. The van der Waals surface area contributed by atoms with Crippen LogP contribution in [-0.4, -0.2) is 34.5 Å². The Balaban J connectivity index is 1.13. The first-order valence-electron chi connectivity index (χ1n) is 21.5. The van der Waals surface area contributed by atoms with Crippen molar-refractivity contribution in [2.24, 2.45) is 0 Å². The Bertz CT molecular complexity index is 3470. The molecule has 3 aromatic heterocycles. The molecule has 0 N–H and O–H groups in total. The van der Waals surface area contributed by atoms with Gasteiger partial charge in [0.05, 0.1) is 16.7 Å². The lowest BCUT2D eigenvalue weighted by Gasteiger charge is -2.22. The lowest BCUT2D eigenvalue weighted by molar-refractivity contribution is 0.660. The number of para-hydroxylation sites is 2. The molecule has 11 aromatic rings. The molecule has 3 heterocycles. The maximum absolute atomic E-state index is 5.43. The Morgan fingerprint density at radius 3 is 1.27 bits per heavy atom. The number of fused-ring (bicyclic) bond motifs is 6. The summed E-state index contributed by atoms with van der Waals surface area (Å²) in [6.07, 6.45) is 0. The van der Waals surface area contributed by atoms with E-state index in [1.807, 2.05) is 78.9 Å². The molecule has 64 heavy (non-hydrogen) atoms. The molecule has 0 saturated heterocycles. The van der Waals surface area contributed by atoms with E-state index in [2.05, 4.69) is 140 Å². The molecule has 7 nitrogen and oxygen atoms in total. The van der Waals surface area contributed by atoms with E-state index in [0.717, 1.165) is 60.9 Å². The summed E-state index contributed by atoms with van der Waals surface area (Å²) in [4.78, 5) is 31.3. The summed E-state index contributed by atoms with van der Waals surface area (Å²) in [5.41, 5.74) is 13.2. The maximum atomic E-state index is 5.43. The minimum atomic E-state index is -0.195. The highest BCUT2D eigenvalue weighted by atomic mass is 15.1.